The minimum absolute atomic E-state index is 0.459. The molecule has 1 aromatic heterocycles. The third kappa shape index (κ3) is 3.66. The predicted octanol–water partition coefficient (Wildman–Crippen LogP) is 1.35. The standard InChI is InChI=1S/C12H16BrNO6/c1-11(2,13)9(17)19-12(3,4)10(18)20-14-7(15)5-6-8(14)16/h5-6,15-16H,1-4H3. The average Bonchev–Trinajstić information content (AvgIpc) is 2.58. The van der Waals surface area contributed by atoms with Crippen LogP contribution in [-0.4, -0.2) is 36.8 Å². The molecule has 0 saturated carbocycles. The quantitative estimate of drug-likeness (QED) is 0.628. The first-order chi connectivity index (χ1) is 8.95. The number of rotatable bonds is 4. The van der Waals surface area contributed by atoms with Crippen LogP contribution < -0.4 is 4.84 Å². The number of hydrogen-bond donors (Lipinski definition) is 2. The van der Waals surface area contributed by atoms with Gasteiger partial charge in [-0.3, -0.25) is 4.79 Å². The van der Waals surface area contributed by atoms with E-state index in [-0.39, 0.29) is 0 Å². The number of ether oxygens (including phenoxy) is 1. The van der Waals surface area contributed by atoms with Crippen molar-refractivity contribution in [1.29, 1.82) is 0 Å². The van der Waals surface area contributed by atoms with Crippen molar-refractivity contribution >= 4 is 27.9 Å². The largest absolute Gasteiger partial charge is 0.492 e. The van der Waals surface area contributed by atoms with Gasteiger partial charge in [0.25, 0.3) is 0 Å². The molecule has 0 spiro atoms. The molecule has 7 nitrogen and oxygen atoms in total. The summed E-state index contributed by atoms with van der Waals surface area (Å²) in [4.78, 5) is 28.5. The Morgan fingerprint density at radius 3 is 1.95 bits per heavy atom. The van der Waals surface area contributed by atoms with Crippen LogP contribution in [0.3, 0.4) is 0 Å². The highest BCUT2D eigenvalue weighted by Crippen LogP contribution is 2.24. The van der Waals surface area contributed by atoms with Crippen LogP contribution >= 0.6 is 15.9 Å². The summed E-state index contributed by atoms with van der Waals surface area (Å²) in [5, 5.41) is 18.7. The number of carbonyl (C=O) groups excluding carboxylic acids is 2. The molecule has 20 heavy (non-hydrogen) atoms. The number of aromatic nitrogens is 1. The van der Waals surface area contributed by atoms with E-state index < -0.39 is 33.6 Å². The van der Waals surface area contributed by atoms with Crippen LogP contribution in [0.25, 0.3) is 0 Å². The molecule has 2 N–H and O–H groups in total. The van der Waals surface area contributed by atoms with Crippen molar-refractivity contribution in [3.63, 3.8) is 0 Å². The summed E-state index contributed by atoms with van der Waals surface area (Å²) in [5.74, 6) is -2.53. The minimum atomic E-state index is -1.59. The third-order valence-electron chi connectivity index (χ3n) is 2.30. The summed E-state index contributed by atoms with van der Waals surface area (Å²) in [6.45, 7) is 5.81. The smallest absolute Gasteiger partial charge is 0.375 e. The second-order valence-electron chi connectivity index (χ2n) is 5.10. The van der Waals surface area contributed by atoms with E-state index in [1.165, 1.54) is 13.8 Å². The third-order valence-corrected chi connectivity index (χ3v) is 2.62. The van der Waals surface area contributed by atoms with Crippen molar-refractivity contribution in [2.45, 2.75) is 37.6 Å². The van der Waals surface area contributed by atoms with Gasteiger partial charge in [-0.25, -0.2) is 4.79 Å². The van der Waals surface area contributed by atoms with Crippen molar-refractivity contribution < 1.29 is 29.4 Å². The van der Waals surface area contributed by atoms with Crippen LogP contribution in [0.15, 0.2) is 12.1 Å². The van der Waals surface area contributed by atoms with Gasteiger partial charge in [0.15, 0.2) is 0 Å². The minimum Gasteiger partial charge on any atom is -0.492 e. The Morgan fingerprint density at radius 2 is 1.55 bits per heavy atom. The van der Waals surface area contributed by atoms with Gasteiger partial charge in [-0.1, -0.05) is 15.9 Å². The van der Waals surface area contributed by atoms with Gasteiger partial charge in [0.1, 0.15) is 4.32 Å². The zero-order chi connectivity index (χ0) is 15.7. The highest BCUT2D eigenvalue weighted by atomic mass is 79.9. The van der Waals surface area contributed by atoms with Crippen molar-refractivity contribution in [3.8, 4) is 11.8 Å². The van der Waals surface area contributed by atoms with Gasteiger partial charge in [0.2, 0.25) is 17.4 Å². The maximum atomic E-state index is 11.9. The molecule has 8 heteroatoms. The Morgan fingerprint density at radius 1 is 1.10 bits per heavy atom. The Kier molecular flexibility index (Phi) is 4.38. The fourth-order valence-corrected chi connectivity index (χ4v) is 1.16. The molecule has 0 bridgehead atoms. The summed E-state index contributed by atoms with van der Waals surface area (Å²) < 4.78 is 4.62. The van der Waals surface area contributed by atoms with Gasteiger partial charge in [0, 0.05) is 12.1 Å². The highest BCUT2D eigenvalue weighted by Gasteiger charge is 2.39. The number of esters is 1. The summed E-state index contributed by atoms with van der Waals surface area (Å²) >= 11 is 3.12. The summed E-state index contributed by atoms with van der Waals surface area (Å²) in [6.07, 6.45) is 0. The Hall–Kier alpha value is -1.70. The Balaban J connectivity index is 2.83. The van der Waals surface area contributed by atoms with Crippen LogP contribution in [0.1, 0.15) is 27.7 Å². The van der Waals surface area contributed by atoms with Gasteiger partial charge in [0.05, 0.1) is 0 Å². The molecule has 0 radical (unpaired) electrons. The fourth-order valence-electron chi connectivity index (χ4n) is 1.08. The molecule has 112 valence electrons. The van der Waals surface area contributed by atoms with E-state index in [4.69, 9.17) is 9.57 Å². The maximum Gasteiger partial charge on any atom is 0.375 e. The van der Waals surface area contributed by atoms with E-state index in [2.05, 4.69) is 15.9 Å². The molecule has 0 aliphatic carbocycles. The van der Waals surface area contributed by atoms with Gasteiger partial charge in [-0.2, -0.15) is 0 Å². The van der Waals surface area contributed by atoms with E-state index in [0.717, 1.165) is 12.1 Å². The highest BCUT2D eigenvalue weighted by molar-refractivity contribution is 9.10. The number of halogens is 1. The van der Waals surface area contributed by atoms with Crippen LogP contribution in [0.2, 0.25) is 0 Å². The molecule has 0 amide bonds. The van der Waals surface area contributed by atoms with Gasteiger partial charge < -0.3 is 19.8 Å². The van der Waals surface area contributed by atoms with Crippen molar-refractivity contribution in [2.24, 2.45) is 0 Å². The lowest BCUT2D eigenvalue weighted by Gasteiger charge is -2.26. The van der Waals surface area contributed by atoms with Crippen LogP contribution in [0, 0.1) is 0 Å². The van der Waals surface area contributed by atoms with Gasteiger partial charge in [-0.15, -0.1) is 4.73 Å². The van der Waals surface area contributed by atoms with E-state index in [1.54, 1.807) is 13.8 Å². The molecule has 0 aromatic carbocycles. The second-order valence-corrected chi connectivity index (χ2v) is 7.08. The molecule has 0 atom stereocenters. The fraction of sp³-hybridized carbons (Fsp3) is 0.500. The van der Waals surface area contributed by atoms with Crippen LogP contribution in [0.4, 0.5) is 0 Å². The number of carbonyl (C=O) groups is 2. The zero-order valence-electron chi connectivity index (χ0n) is 11.5. The lowest BCUT2D eigenvalue weighted by Crippen LogP contribution is -2.45. The molecule has 0 aliphatic heterocycles. The normalized spacial score (nSPS) is 12.1. The van der Waals surface area contributed by atoms with Crippen LogP contribution in [0.5, 0.6) is 11.8 Å². The summed E-state index contributed by atoms with van der Waals surface area (Å²) in [5.41, 5.74) is -1.59. The molecule has 1 rings (SSSR count). The first-order valence-corrected chi connectivity index (χ1v) is 6.49. The lowest BCUT2D eigenvalue weighted by molar-refractivity contribution is -0.180. The van der Waals surface area contributed by atoms with E-state index >= 15 is 0 Å². The Bertz CT molecular complexity index is 509. The molecular weight excluding hydrogens is 334 g/mol. The first-order valence-electron chi connectivity index (χ1n) is 5.70. The van der Waals surface area contributed by atoms with E-state index in [1.807, 2.05) is 0 Å². The molecule has 0 unspecified atom stereocenters. The molecule has 1 aromatic rings. The van der Waals surface area contributed by atoms with Gasteiger partial charge in [-0.05, 0) is 27.7 Å². The molecular formula is C12H16BrNO6. The van der Waals surface area contributed by atoms with Gasteiger partial charge >= 0.3 is 11.9 Å². The topological polar surface area (TPSA) is 98.0 Å². The first kappa shape index (κ1) is 16.4. The molecule has 0 fully saturated rings. The van der Waals surface area contributed by atoms with Crippen LogP contribution in [-0.2, 0) is 14.3 Å². The van der Waals surface area contributed by atoms with Crippen molar-refractivity contribution in [3.05, 3.63) is 12.1 Å². The summed E-state index contributed by atoms with van der Waals surface area (Å²) in [6, 6.07) is 2.28. The average molecular weight is 350 g/mol. The number of nitrogens with zero attached hydrogens (tertiary/aromatic N) is 1. The van der Waals surface area contributed by atoms with E-state index in [0.29, 0.717) is 4.73 Å². The summed E-state index contributed by atoms with van der Waals surface area (Å²) in [7, 11) is 0. The zero-order valence-corrected chi connectivity index (χ0v) is 13.1. The van der Waals surface area contributed by atoms with Crippen molar-refractivity contribution in [2.75, 3.05) is 0 Å². The second kappa shape index (κ2) is 5.35. The molecule has 0 aliphatic rings. The number of alkyl halides is 1. The monoisotopic (exact) mass is 349 g/mol. The lowest BCUT2D eigenvalue weighted by atomic mass is 10.1. The van der Waals surface area contributed by atoms with E-state index in [9.17, 15) is 19.8 Å². The van der Waals surface area contributed by atoms with Crippen molar-refractivity contribution in [1.82, 2.24) is 4.73 Å². The molecule has 1 heterocycles. The number of hydrogen-bond acceptors (Lipinski definition) is 6. The number of aromatic hydroxyl groups is 2. The Labute approximate surface area is 124 Å². The SMILES string of the molecule is CC(C)(Br)C(=O)OC(C)(C)C(=O)On1c(O)ccc1O. The predicted molar refractivity (Wildman–Crippen MR) is 72.5 cm³/mol. The molecule has 0 saturated heterocycles. The maximum absolute atomic E-state index is 11.9.